The highest BCUT2D eigenvalue weighted by Crippen LogP contribution is 2.10. The molecule has 0 rings (SSSR count). The van der Waals surface area contributed by atoms with E-state index in [0.717, 1.165) is 13.8 Å². The summed E-state index contributed by atoms with van der Waals surface area (Å²) in [5.41, 5.74) is 3.37. The van der Waals surface area contributed by atoms with E-state index in [9.17, 15) is 9.59 Å². The number of carbonyl (C=O) groups is 2. The van der Waals surface area contributed by atoms with Gasteiger partial charge >= 0.3 is 0 Å². The summed E-state index contributed by atoms with van der Waals surface area (Å²) in [6.07, 6.45) is -1.53. The van der Waals surface area contributed by atoms with E-state index >= 15 is 0 Å². The smallest absolute Gasteiger partial charge is 0.162 e. The molecule has 0 aliphatic heterocycles. The summed E-state index contributed by atoms with van der Waals surface area (Å²) in [4.78, 5) is 21.8. The van der Waals surface area contributed by atoms with E-state index in [4.69, 9.17) is 15.9 Å². The fourth-order valence-electron chi connectivity index (χ4n) is 0.861. The van der Waals surface area contributed by atoms with Crippen molar-refractivity contribution in [2.45, 2.75) is 25.5 Å². The van der Waals surface area contributed by atoms with E-state index in [-0.39, 0.29) is 0 Å². The van der Waals surface area contributed by atoms with E-state index in [1.807, 2.05) is 0 Å². The highest BCUT2D eigenvalue weighted by Gasteiger charge is 2.42. The van der Waals surface area contributed by atoms with E-state index in [1.54, 1.807) is 0 Å². The lowest BCUT2D eigenvalue weighted by molar-refractivity contribution is -0.139. The average Bonchev–Trinajstić information content (AvgIpc) is 2.00. The fraction of sp³-hybridized carbons (Fsp3) is 0.714. The summed E-state index contributed by atoms with van der Waals surface area (Å²) in [5, 5.41) is 17.6. The molecule has 0 aliphatic rings. The van der Waals surface area contributed by atoms with Gasteiger partial charge in [-0.25, -0.2) is 0 Å². The number of hydrogen-bond donors (Lipinski definition) is 3. The maximum absolute atomic E-state index is 10.9. The molecule has 0 radical (unpaired) electrons. The zero-order valence-corrected chi connectivity index (χ0v) is 7.07. The Morgan fingerprint density at radius 2 is 1.75 bits per heavy atom. The summed E-state index contributed by atoms with van der Waals surface area (Å²) in [6.45, 7) is 1.48. The number of aliphatic hydroxyl groups is 2. The topological polar surface area (TPSA) is 101 Å². The van der Waals surface area contributed by atoms with E-state index in [2.05, 4.69) is 0 Å². The third-order valence-corrected chi connectivity index (χ3v) is 1.86. The van der Waals surface area contributed by atoms with Crippen LogP contribution in [0.5, 0.6) is 0 Å². The number of carbonyl (C=O) groups excluding carboxylic acids is 2. The van der Waals surface area contributed by atoms with Crippen molar-refractivity contribution in [3.63, 3.8) is 0 Å². The number of aliphatic hydroxyl groups excluding tert-OH is 2. The Balaban J connectivity index is 4.87. The lowest BCUT2D eigenvalue weighted by Gasteiger charge is -2.27. The van der Waals surface area contributed by atoms with Gasteiger partial charge in [0.25, 0.3) is 0 Å². The van der Waals surface area contributed by atoms with Crippen LogP contribution in [0.3, 0.4) is 0 Å². The van der Waals surface area contributed by atoms with Gasteiger partial charge in [0, 0.05) is 0 Å². The van der Waals surface area contributed by atoms with E-state index in [1.165, 1.54) is 0 Å². The Morgan fingerprint density at radius 3 is 1.83 bits per heavy atom. The zero-order valence-electron chi connectivity index (χ0n) is 7.07. The lowest BCUT2D eigenvalue weighted by Crippen LogP contribution is -2.62. The molecule has 4 N–H and O–H groups in total. The maximum Gasteiger partial charge on any atom is 0.162 e. The molecule has 0 aliphatic carbocycles. The maximum atomic E-state index is 10.9. The summed E-state index contributed by atoms with van der Waals surface area (Å²) >= 11 is 0. The third kappa shape index (κ3) is 1.69. The second-order valence-electron chi connectivity index (χ2n) is 2.68. The largest absolute Gasteiger partial charge is 0.394 e. The Bertz CT molecular complexity index is 188. The molecule has 12 heavy (non-hydrogen) atoms. The minimum atomic E-state index is -1.96. The van der Waals surface area contributed by atoms with Crippen molar-refractivity contribution >= 4 is 11.6 Å². The Kier molecular flexibility index (Phi) is 3.51. The molecule has 5 heteroatoms. The second-order valence-corrected chi connectivity index (χ2v) is 2.68. The van der Waals surface area contributed by atoms with Crippen molar-refractivity contribution < 1.29 is 19.8 Å². The van der Waals surface area contributed by atoms with Gasteiger partial charge < -0.3 is 15.9 Å². The first-order chi connectivity index (χ1) is 5.37. The van der Waals surface area contributed by atoms with E-state index in [0.29, 0.717) is 0 Å². The summed E-state index contributed by atoms with van der Waals surface area (Å²) < 4.78 is 0. The SMILES string of the molecule is CC(=O)C(N)(C(C)=O)C(O)CO. The second kappa shape index (κ2) is 3.75. The number of ketones is 2. The number of rotatable bonds is 4. The van der Waals surface area contributed by atoms with Crippen LogP contribution in [0.15, 0.2) is 0 Å². The van der Waals surface area contributed by atoms with Crippen molar-refractivity contribution in [3.05, 3.63) is 0 Å². The van der Waals surface area contributed by atoms with Gasteiger partial charge in [0.1, 0.15) is 6.10 Å². The van der Waals surface area contributed by atoms with Crippen LogP contribution < -0.4 is 5.73 Å². The van der Waals surface area contributed by atoms with E-state index < -0.39 is 29.8 Å². The fourth-order valence-corrected chi connectivity index (χ4v) is 0.861. The van der Waals surface area contributed by atoms with Crippen LogP contribution in [0.4, 0.5) is 0 Å². The molecule has 0 aromatic rings. The first kappa shape index (κ1) is 11.2. The van der Waals surface area contributed by atoms with Crippen molar-refractivity contribution in [2.75, 3.05) is 6.61 Å². The average molecular weight is 175 g/mol. The van der Waals surface area contributed by atoms with Gasteiger partial charge in [0.05, 0.1) is 6.61 Å². The molecule has 5 nitrogen and oxygen atoms in total. The van der Waals surface area contributed by atoms with Crippen LogP contribution >= 0.6 is 0 Å². The van der Waals surface area contributed by atoms with Crippen molar-refractivity contribution in [3.8, 4) is 0 Å². The molecule has 0 fully saturated rings. The Labute approximate surface area is 70.2 Å². The highest BCUT2D eigenvalue weighted by molar-refractivity contribution is 6.10. The molecule has 0 saturated carbocycles. The molecule has 1 unspecified atom stereocenters. The number of nitrogens with two attached hydrogens (primary N) is 1. The van der Waals surface area contributed by atoms with Gasteiger partial charge in [-0.3, -0.25) is 9.59 Å². The van der Waals surface area contributed by atoms with Crippen LogP contribution in [-0.4, -0.2) is 40.0 Å². The molecular weight excluding hydrogens is 162 g/mol. The normalized spacial score (nSPS) is 14.1. The monoisotopic (exact) mass is 175 g/mol. The quantitative estimate of drug-likeness (QED) is 0.438. The van der Waals surface area contributed by atoms with Crippen LogP contribution in [0.25, 0.3) is 0 Å². The first-order valence-corrected chi connectivity index (χ1v) is 3.47. The predicted octanol–water partition coefficient (Wildman–Crippen LogP) is -1.78. The molecular formula is C7H13NO4. The number of Topliss-reactive ketones (excluding diaryl/α,β-unsaturated/α-hetero) is 2. The Hall–Kier alpha value is -0.780. The summed E-state index contributed by atoms with van der Waals surface area (Å²) in [5.74, 6) is -1.31. The predicted molar refractivity (Wildman–Crippen MR) is 41.4 cm³/mol. The van der Waals surface area contributed by atoms with Gasteiger partial charge in [-0.15, -0.1) is 0 Å². The highest BCUT2D eigenvalue weighted by atomic mass is 16.3. The van der Waals surface area contributed by atoms with Crippen LogP contribution in [0.1, 0.15) is 13.8 Å². The standard InChI is InChI=1S/C7H13NO4/c1-4(10)7(8,5(2)11)6(12)3-9/h6,9,12H,3,8H2,1-2H3. The molecule has 1 atom stereocenters. The van der Waals surface area contributed by atoms with Crippen LogP contribution in [0.2, 0.25) is 0 Å². The molecule has 0 bridgehead atoms. The third-order valence-electron chi connectivity index (χ3n) is 1.86. The Morgan fingerprint density at radius 1 is 1.42 bits per heavy atom. The van der Waals surface area contributed by atoms with Crippen molar-refractivity contribution in [1.29, 1.82) is 0 Å². The molecule has 0 aromatic carbocycles. The minimum absolute atomic E-state index is 0.656. The lowest BCUT2D eigenvalue weighted by atomic mass is 9.86. The van der Waals surface area contributed by atoms with Crippen molar-refractivity contribution in [1.82, 2.24) is 0 Å². The van der Waals surface area contributed by atoms with Gasteiger partial charge in [-0.05, 0) is 13.8 Å². The molecule has 0 spiro atoms. The van der Waals surface area contributed by atoms with Gasteiger partial charge in [0.2, 0.25) is 0 Å². The zero-order chi connectivity index (χ0) is 9.94. The molecule has 0 aromatic heterocycles. The van der Waals surface area contributed by atoms with Crippen molar-refractivity contribution in [2.24, 2.45) is 5.73 Å². The number of hydrogen-bond acceptors (Lipinski definition) is 5. The minimum Gasteiger partial charge on any atom is -0.394 e. The van der Waals surface area contributed by atoms with Gasteiger partial charge in [0.15, 0.2) is 17.1 Å². The summed E-state index contributed by atoms with van der Waals surface area (Å²) in [7, 11) is 0. The molecule has 70 valence electrons. The van der Waals surface area contributed by atoms with Crippen LogP contribution in [-0.2, 0) is 9.59 Å². The molecule has 0 saturated heterocycles. The summed E-state index contributed by atoms with van der Waals surface area (Å²) in [6, 6.07) is 0. The van der Waals surface area contributed by atoms with Gasteiger partial charge in [-0.2, -0.15) is 0 Å². The molecule has 0 heterocycles. The van der Waals surface area contributed by atoms with Crippen LogP contribution in [0, 0.1) is 0 Å². The van der Waals surface area contributed by atoms with Gasteiger partial charge in [-0.1, -0.05) is 0 Å². The molecule has 0 amide bonds. The first-order valence-electron chi connectivity index (χ1n) is 3.47.